The van der Waals surface area contributed by atoms with Gasteiger partial charge >= 0.3 is 0 Å². The zero-order chi connectivity index (χ0) is 20.5. The number of nitrogens with one attached hydrogen (secondary N) is 2. The van der Waals surface area contributed by atoms with E-state index in [1.807, 2.05) is 6.92 Å². The second kappa shape index (κ2) is 12.9. The van der Waals surface area contributed by atoms with Gasteiger partial charge in [-0.05, 0) is 31.4 Å². The third-order valence-electron chi connectivity index (χ3n) is 4.90. The minimum Gasteiger partial charge on any atom is -0.486 e. The summed E-state index contributed by atoms with van der Waals surface area (Å²) in [4.78, 5) is 11.4. The molecule has 3 rings (SSSR count). The molecule has 2 heterocycles. The van der Waals surface area contributed by atoms with Gasteiger partial charge in [0.15, 0.2) is 22.7 Å². The van der Waals surface area contributed by atoms with E-state index in [1.165, 1.54) is 18.9 Å². The van der Waals surface area contributed by atoms with Gasteiger partial charge in [0, 0.05) is 38.5 Å². The number of ether oxygens (including phenoxy) is 1. The molecule has 1 unspecified atom stereocenters. The van der Waals surface area contributed by atoms with Crippen molar-refractivity contribution in [3.05, 3.63) is 41.2 Å². The summed E-state index contributed by atoms with van der Waals surface area (Å²) in [6.45, 7) is 5.54. The summed E-state index contributed by atoms with van der Waals surface area (Å²) in [5, 5.41) is 9.85. The fraction of sp³-hybridized carbons (Fsp3) is 0.524. The molecule has 0 radical (unpaired) electrons. The van der Waals surface area contributed by atoms with Crippen LogP contribution in [0.3, 0.4) is 0 Å². The number of para-hydroxylation sites is 1. The lowest BCUT2D eigenvalue weighted by atomic mass is 10.2. The molecule has 0 saturated carbocycles. The number of aliphatic imine (C=N–C) groups is 1. The predicted molar refractivity (Wildman–Crippen MR) is 133 cm³/mol. The molecule has 0 spiro atoms. The standard InChI is InChI=1S/C21H30FN5OS.HI/c1-3-17(28-19-9-5-4-8-18(19)22)14-25-20(23-2)24-11-10-16-15-29-21(26-16)27-12-6-7-13-27;/h4-5,8-9,15,17H,3,6-7,10-14H2,1-2H3,(H2,23,24,25);1H. The van der Waals surface area contributed by atoms with Gasteiger partial charge in [0.25, 0.3) is 0 Å². The summed E-state index contributed by atoms with van der Waals surface area (Å²) in [6, 6.07) is 6.48. The van der Waals surface area contributed by atoms with Gasteiger partial charge in [-0.15, -0.1) is 35.3 Å². The van der Waals surface area contributed by atoms with Crippen LogP contribution < -0.4 is 20.3 Å². The van der Waals surface area contributed by atoms with Crippen LogP contribution in [0.4, 0.5) is 9.52 Å². The third-order valence-corrected chi connectivity index (χ3v) is 5.85. The quantitative estimate of drug-likeness (QED) is 0.282. The Morgan fingerprint density at radius 3 is 2.77 bits per heavy atom. The van der Waals surface area contributed by atoms with Crippen LogP contribution >= 0.6 is 35.3 Å². The fourth-order valence-corrected chi connectivity index (χ4v) is 4.11. The zero-order valence-corrected chi connectivity index (χ0v) is 20.7. The van der Waals surface area contributed by atoms with Crippen LogP contribution in [0.15, 0.2) is 34.6 Å². The molecule has 166 valence electrons. The van der Waals surface area contributed by atoms with E-state index in [4.69, 9.17) is 9.72 Å². The van der Waals surface area contributed by atoms with E-state index >= 15 is 0 Å². The topological polar surface area (TPSA) is 61.8 Å². The highest BCUT2D eigenvalue weighted by Gasteiger charge is 2.16. The maximum atomic E-state index is 13.8. The van der Waals surface area contributed by atoms with Crippen molar-refractivity contribution in [2.24, 2.45) is 4.99 Å². The Bertz CT molecular complexity index is 797. The number of anilines is 1. The fourth-order valence-electron chi connectivity index (χ4n) is 3.19. The van der Waals surface area contributed by atoms with Gasteiger partial charge in [-0.2, -0.15) is 0 Å². The van der Waals surface area contributed by atoms with Crippen LogP contribution in [-0.4, -0.2) is 50.3 Å². The lowest BCUT2D eigenvalue weighted by Gasteiger charge is -2.20. The van der Waals surface area contributed by atoms with Crippen molar-refractivity contribution in [1.82, 2.24) is 15.6 Å². The van der Waals surface area contributed by atoms with Gasteiger partial charge in [0.1, 0.15) is 6.10 Å². The van der Waals surface area contributed by atoms with Crippen molar-refractivity contribution < 1.29 is 9.13 Å². The highest BCUT2D eigenvalue weighted by atomic mass is 127. The minimum absolute atomic E-state index is 0. The summed E-state index contributed by atoms with van der Waals surface area (Å²) in [6.07, 6.45) is 3.98. The average Bonchev–Trinajstić information content (AvgIpc) is 3.42. The molecule has 1 atom stereocenters. The summed E-state index contributed by atoms with van der Waals surface area (Å²) in [7, 11) is 1.74. The van der Waals surface area contributed by atoms with Gasteiger partial charge in [0.2, 0.25) is 0 Å². The minimum atomic E-state index is -0.343. The maximum absolute atomic E-state index is 13.8. The molecule has 1 fully saturated rings. The number of thiazole rings is 1. The number of hydrogen-bond donors (Lipinski definition) is 2. The van der Waals surface area contributed by atoms with Crippen LogP contribution in [0.1, 0.15) is 31.9 Å². The highest BCUT2D eigenvalue weighted by molar-refractivity contribution is 14.0. The Hall–Kier alpha value is -1.62. The number of halogens is 2. The normalized spacial score (nSPS) is 14.9. The molecule has 0 bridgehead atoms. The molecular formula is C21H31FIN5OS. The van der Waals surface area contributed by atoms with E-state index in [0.717, 1.165) is 43.3 Å². The molecule has 1 aromatic carbocycles. The summed E-state index contributed by atoms with van der Waals surface area (Å²) >= 11 is 1.72. The number of hydrogen-bond acceptors (Lipinski definition) is 5. The molecule has 2 N–H and O–H groups in total. The molecule has 9 heteroatoms. The first kappa shape index (κ1) is 24.6. The molecular weight excluding hydrogens is 516 g/mol. The molecule has 6 nitrogen and oxygen atoms in total. The van der Waals surface area contributed by atoms with Crippen molar-refractivity contribution in [1.29, 1.82) is 0 Å². The van der Waals surface area contributed by atoms with Gasteiger partial charge in [-0.25, -0.2) is 9.37 Å². The van der Waals surface area contributed by atoms with Crippen molar-refractivity contribution in [3.8, 4) is 5.75 Å². The Labute approximate surface area is 199 Å². The van der Waals surface area contributed by atoms with E-state index < -0.39 is 0 Å². The lowest BCUT2D eigenvalue weighted by Crippen LogP contribution is -2.43. The van der Waals surface area contributed by atoms with E-state index in [2.05, 4.69) is 25.9 Å². The number of rotatable bonds is 9. The summed E-state index contributed by atoms with van der Waals surface area (Å²) < 4.78 is 19.6. The maximum Gasteiger partial charge on any atom is 0.191 e. The van der Waals surface area contributed by atoms with E-state index in [9.17, 15) is 4.39 Å². The van der Waals surface area contributed by atoms with Crippen LogP contribution in [0.5, 0.6) is 5.75 Å². The van der Waals surface area contributed by atoms with Crippen LogP contribution in [0.25, 0.3) is 0 Å². The first-order valence-electron chi connectivity index (χ1n) is 10.2. The van der Waals surface area contributed by atoms with E-state index in [1.54, 1.807) is 36.6 Å². The molecule has 1 aliphatic heterocycles. The first-order valence-corrected chi connectivity index (χ1v) is 11.1. The van der Waals surface area contributed by atoms with Gasteiger partial charge in [0.05, 0.1) is 12.2 Å². The monoisotopic (exact) mass is 547 g/mol. The Kier molecular flexibility index (Phi) is 10.6. The number of benzene rings is 1. The molecule has 30 heavy (non-hydrogen) atoms. The predicted octanol–water partition coefficient (Wildman–Crippen LogP) is 4.07. The van der Waals surface area contributed by atoms with Crippen molar-refractivity contribution in [2.45, 2.75) is 38.7 Å². The van der Waals surface area contributed by atoms with Crippen LogP contribution in [0.2, 0.25) is 0 Å². The zero-order valence-electron chi connectivity index (χ0n) is 17.6. The van der Waals surface area contributed by atoms with Crippen molar-refractivity contribution in [3.63, 3.8) is 0 Å². The first-order chi connectivity index (χ1) is 14.2. The molecule has 1 saturated heterocycles. The third kappa shape index (κ3) is 7.26. The van der Waals surface area contributed by atoms with Crippen LogP contribution in [-0.2, 0) is 6.42 Å². The molecule has 1 aromatic heterocycles. The largest absolute Gasteiger partial charge is 0.486 e. The number of nitrogens with zero attached hydrogens (tertiary/aromatic N) is 3. The molecule has 2 aromatic rings. The van der Waals surface area contributed by atoms with E-state index in [0.29, 0.717) is 12.5 Å². The SMILES string of the molecule is CCC(CNC(=NC)NCCc1csc(N2CCCC2)n1)Oc1ccccc1F.I. The lowest BCUT2D eigenvalue weighted by molar-refractivity contribution is 0.191. The average molecular weight is 547 g/mol. The Morgan fingerprint density at radius 1 is 1.30 bits per heavy atom. The number of guanidine groups is 1. The smallest absolute Gasteiger partial charge is 0.191 e. The van der Waals surface area contributed by atoms with Crippen molar-refractivity contribution in [2.75, 3.05) is 38.1 Å². The molecule has 1 aliphatic rings. The second-order valence-electron chi connectivity index (χ2n) is 7.02. The number of aromatic nitrogens is 1. The molecule has 0 aliphatic carbocycles. The van der Waals surface area contributed by atoms with Gasteiger partial charge < -0.3 is 20.3 Å². The van der Waals surface area contributed by atoms with Crippen LogP contribution in [0, 0.1) is 5.82 Å². The highest BCUT2D eigenvalue weighted by Crippen LogP contribution is 2.24. The Morgan fingerprint density at radius 2 is 2.07 bits per heavy atom. The van der Waals surface area contributed by atoms with E-state index in [-0.39, 0.29) is 41.6 Å². The summed E-state index contributed by atoms with van der Waals surface area (Å²) in [5.74, 6) is 0.641. The molecule has 0 amide bonds. The van der Waals surface area contributed by atoms with Crippen molar-refractivity contribution >= 4 is 46.4 Å². The van der Waals surface area contributed by atoms with Gasteiger partial charge in [-0.1, -0.05) is 19.1 Å². The summed E-state index contributed by atoms with van der Waals surface area (Å²) in [5.41, 5.74) is 1.11. The Balaban J connectivity index is 0.00000320. The van der Waals surface area contributed by atoms with Gasteiger partial charge in [-0.3, -0.25) is 4.99 Å². The second-order valence-corrected chi connectivity index (χ2v) is 7.86.